The lowest BCUT2D eigenvalue weighted by Gasteiger charge is -2.32. The van der Waals surface area contributed by atoms with Crippen LogP contribution in [0.15, 0.2) is 29.4 Å². The Morgan fingerprint density at radius 1 is 1.14 bits per heavy atom. The Morgan fingerprint density at radius 2 is 2.03 bits per heavy atom. The summed E-state index contributed by atoms with van der Waals surface area (Å²) < 4.78 is 0. The van der Waals surface area contributed by atoms with E-state index >= 15 is 0 Å². The molecule has 3 aliphatic heterocycles. The smallest absolute Gasteiger partial charge is 0.0833 e. The third-order valence-corrected chi connectivity index (χ3v) is 8.27. The Hall–Kier alpha value is -1.73. The topological polar surface area (TPSA) is 42.9 Å². The van der Waals surface area contributed by atoms with E-state index in [4.69, 9.17) is 5.10 Å². The molecule has 1 saturated heterocycles. The number of hydrazone groups is 1. The van der Waals surface area contributed by atoms with E-state index in [1.165, 1.54) is 63.9 Å². The van der Waals surface area contributed by atoms with Gasteiger partial charge in [0.05, 0.1) is 16.6 Å². The van der Waals surface area contributed by atoms with Crippen LogP contribution < -0.4 is 10.7 Å². The summed E-state index contributed by atoms with van der Waals surface area (Å²) >= 11 is 1.94. The number of fused-ring (bicyclic) bond motifs is 4. The van der Waals surface area contributed by atoms with Crippen molar-refractivity contribution in [3.05, 3.63) is 56.3 Å². The molecule has 2 unspecified atom stereocenters. The lowest BCUT2D eigenvalue weighted by molar-refractivity contribution is 0.148. The van der Waals surface area contributed by atoms with Crippen molar-refractivity contribution in [3.63, 3.8) is 0 Å². The van der Waals surface area contributed by atoms with E-state index in [-0.39, 0.29) is 0 Å². The number of benzene rings is 1. The molecule has 29 heavy (non-hydrogen) atoms. The predicted molar refractivity (Wildman–Crippen MR) is 119 cm³/mol. The standard InChI is InChI=1S/C23H29N5S/c1-27-6-8-28(9-7-27)14-15-2-3-18-17(10-15)11-19-22(18)25-26-23(19)20-12-16-4-5-24-13-21(16)29-20/h2-3,10,12,19,22,24-25H,4-9,11,13-14H2,1H3. The van der Waals surface area contributed by atoms with Gasteiger partial charge in [0.1, 0.15) is 0 Å². The van der Waals surface area contributed by atoms with E-state index in [0.717, 1.165) is 32.5 Å². The molecule has 0 amide bonds. The van der Waals surface area contributed by atoms with Crippen molar-refractivity contribution in [1.29, 1.82) is 0 Å². The van der Waals surface area contributed by atoms with Crippen LogP contribution in [0.1, 0.15) is 38.0 Å². The van der Waals surface area contributed by atoms with Crippen molar-refractivity contribution in [2.24, 2.45) is 11.0 Å². The fourth-order valence-corrected chi connectivity index (χ4v) is 6.56. The minimum Gasteiger partial charge on any atom is -0.312 e. The van der Waals surface area contributed by atoms with Crippen LogP contribution in [0.5, 0.6) is 0 Å². The van der Waals surface area contributed by atoms with Crippen LogP contribution in [0.3, 0.4) is 0 Å². The number of likely N-dealkylation sites (N-methyl/N-ethyl adjacent to an activating group) is 1. The molecule has 0 spiro atoms. The highest BCUT2D eigenvalue weighted by Crippen LogP contribution is 2.43. The molecule has 0 bridgehead atoms. The monoisotopic (exact) mass is 407 g/mol. The molecule has 6 rings (SSSR count). The first-order valence-corrected chi connectivity index (χ1v) is 11.7. The van der Waals surface area contributed by atoms with Crippen LogP contribution in [0.2, 0.25) is 0 Å². The second-order valence-electron chi connectivity index (χ2n) is 9.01. The fourth-order valence-electron chi connectivity index (χ4n) is 5.33. The van der Waals surface area contributed by atoms with Crippen LogP contribution >= 0.6 is 11.3 Å². The highest BCUT2D eigenvalue weighted by atomic mass is 32.1. The maximum Gasteiger partial charge on any atom is 0.0833 e. The molecule has 0 saturated carbocycles. The molecule has 1 aliphatic carbocycles. The molecule has 1 aromatic heterocycles. The lowest BCUT2D eigenvalue weighted by Crippen LogP contribution is -2.43. The normalized spacial score (nSPS) is 26.6. The summed E-state index contributed by atoms with van der Waals surface area (Å²) in [4.78, 5) is 7.89. The van der Waals surface area contributed by atoms with Crippen LogP contribution in [0, 0.1) is 5.92 Å². The van der Waals surface area contributed by atoms with Gasteiger partial charge in [0, 0.05) is 50.1 Å². The van der Waals surface area contributed by atoms with Gasteiger partial charge in [-0.2, -0.15) is 5.10 Å². The van der Waals surface area contributed by atoms with E-state index in [1.54, 1.807) is 0 Å². The van der Waals surface area contributed by atoms with Crippen LogP contribution in [-0.2, 0) is 25.9 Å². The molecule has 1 fully saturated rings. The minimum atomic E-state index is 0.356. The number of nitrogens with zero attached hydrogens (tertiary/aromatic N) is 3. The van der Waals surface area contributed by atoms with E-state index < -0.39 is 0 Å². The molecule has 1 aromatic carbocycles. The van der Waals surface area contributed by atoms with Crippen LogP contribution in [0.25, 0.3) is 0 Å². The zero-order valence-corrected chi connectivity index (χ0v) is 17.9. The second-order valence-corrected chi connectivity index (χ2v) is 10.1. The molecule has 6 heteroatoms. The highest BCUT2D eigenvalue weighted by Gasteiger charge is 2.41. The Labute approximate surface area is 176 Å². The maximum atomic E-state index is 4.80. The Balaban J connectivity index is 1.20. The van der Waals surface area contributed by atoms with Crippen LogP contribution in [-0.4, -0.2) is 55.3 Å². The maximum absolute atomic E-state index is 4.80. The number of hydrogen-bond donors (Lipinski definition) is 2. The summed E-state index contributed by atoms with van der Waals surface area (Å²) in [5, 5.41) is 8.30. The van der Waals surface area contributed by atoms with Gasteiger partial charge in [0.25, 0.3) is 0 Å². The van der Waals surface area contributed by atoms with E-state index in [1.807, 2.05) is 11.3 Å². The summed E-state index contributed by atoms with van der Waals surface area (Å²) in [5.74, 6) is 0.483. The largest absolute Gasteiger partial charge is 0.312 e. The van der Waals surface area contributed by atoms with Gasteiger partial charge in [-0.25, -0.2) is 0 Å². The van der Waals surface area contributed by atoms with Crippen molar-refractivity contribution >= 4 is 17.0 Å². The summed E-state index contributed by atoms with van der Waals surface area (Å²) in [6, 6.07) is 9.93. The van der Waals surface area contributed by atoms with Gasteiger partial charge >= 0.3 is 0 Å². The van der Waals surface area contributed by atoms with Gasteiger partial charge in [-0.15, -0.1) is 11.3 Å². The third-order valence-electron chi connectivity index (χ3n) is 7.07. The van der Waals surface area contributed by atoms with Gasteiger partial charge in [-0.05, 0) is 54.8 Å². The molecule has 0 radical (unpaired) electrons. The first-order chi connectivity index (χ1) is 14.2. The fraction of sp³-hybridized carbons (Fsp3) is 0.522. The number of piperazine rings is 1. The summed E-state index contributed by atoms with van der Waals surface area (Å²) in [6.45, 7) is 7.91. The predicted octanol–water partition coefficient (Wildman–Crippen LogP) is 2.36. The van der Waals surface area contributed by atoms with E-state index in [0.29, 0.717) is 12.0 Å². The SMILES string of the molecule is CN1CCN(Cc2ccc3c(c2)CC2C(c4cc5c(s4)CNCC5)=NNC32)CC1. The van der Waals surface area contributed by atoms with E-state index in [9.17, 15) is 0 Å². The van der Waals surface area contributed by atoms with Crippen molar-refractivity contribution in [1.82, 2.24) is 20.5 Å². The minimum absolute atomic E-state index is 0.356. The summed E-state index contributed by atoms with van der Waals surface area (Å²) in [6.07, 6.45) is 2.26. The van der Waals surface area contributed by atoms with Crippen LogP contribution in [0.4, 0.5) is 0 Å². The van der Waals surface area contributed by atoms with Gasteiger partial charge in [-0.1, -0.05) is 18.2 Å². The molecule has 4 heterocycles. The number of rotatable bonds is 3. The first kappa shape index (κ1) is 18.1. The molecule has 5 nitrogen and oxygen atoms in total. The van der Waals surface area contributed by atoms with Crippen molar-refractivity contribution in [3.8, 4) is 0 Å². The molecular weight excluding hydrogens is 378 g/mol. The first-order valence-electron chi connectivity index (χ1n) is 10.9. The molecular formula is C23H29N5S. The molecule has 2 aromatic rings. The zero-order valence-electron chi connectivity index (χ0n) is 17.1. The van der Waals surface area contributed by atoms with Gasteiger partial charge in [0.2, 0.25) is 0 Å². The lowest BCUT2D eigenvalue weighted by atomic mass is 9.95. The molecule has 4 aliphatic rings. The Bertz CT molecular complexity index is 933. The Kier molecular flexibility index (Phi) is 4.49. The number of nitrogens with one attached hydrogen (secondary N) is 2. The van der Waals surface area contributed by atoms with Gasteiger partial charge in [-0.3, -0.25) is 4.90 Å². The summed E-state index contributed by atoms with van der Waals surface area (Å²) in [5.41, 5.74) is 10.7. The quantitative estimate of drug-likeness (QED) is 0.820. The zero-order chi connectivity index (χ0) is 19.4. The third kappa shape index (κ3) is 3.22. The van der Waals surface area contributed by atoms with Gasteiger partial charge in [0.15, 0.2) is 0 Å². The van der Waals surface area contributed by atoms with Crippen molar-refractivity contribution in [2.75, 3.05) is 39.8 Å². The molecule has 152 valence electrons. The molecule has 2 N–H and O–H groups in total. The number of thiophene rings is 1. The Morgan fingerprint density at radius 3 is 2.90 bits per heavy atom. The number of hydrogen-bond acceptors (Lipinski definition) is 6. The second kappa shape index (κ2) is 7.20. The highest BCUT2D eigenvalue weighted by molar-refractivity contribution is 7.14. The van der Waals surface area contributed by atoms with Crippen molar-refractivity contribution < 1.29 is 0 Å². The van der Waals surface area contributed by atoms with Crippen molar-refractivity contribution in [2.45, 2.75) is 32.0 Å². The average molecular weight is 408 g/mol. The van der Waals surface area contributed by atoms with E-state index in [2.05, 4.69) is 51.9 Å². The average Bonchev–Trinajstić information content (AvgIpc) is 3.42. The van der Waals surface area contributed by atoms with Gasteiger partial charge < -0.3 is 15.6 Å². The molecule has 2 atom stereocenters. The summed E-state index contributed by atoms with van der Waals surface area (Å²) in [7, 11) is 2.22.